The van der Waals surface area contributed by atoms with E-state index in [1.165, 1.54) is 0 Å². The van der Waals surface area contributed by atoms with E-state index in [0.29, 0.717) is 18.0 Å². The van der Waals surface area contributed by atoms with Gasteiger partial charge in [0, 0.05) is 50.0 Å². The van der Waals surface area contributed by atoms with Gasteiger partial charge in [-0.2, -0.15) is 0 Å². The topological polar surface area (TPSA) is 58.6 Å². The van der Waals surface area contributed by atoms with E-state index in [2.05, 4.69) is 14.9 Å². The van der Waals surface area contributed by atoms with Crippen LogP contribution in [0.1, 0.15) is 16.8 Å². The molecular weight excluding hydrogens is 300 g/mol. The lowest BCUT2D eigenvalue weighted by Gasteiger charge is -2.21. The predicted molar refractivity (Wildman–Crippen MR) is 85.6 cm³/mol. The van der Waals surface area contributed by atoms with Crippen molar-refractivity contribution in [2.24, 2.45) is 0 Å². The van der Waals surface area contributed by atoms with Crippen LogP contribution in [0.3, 0.4) is 0 Å². The Morgan fingerprint density at radius 2 is 2.14 bits per heavy atom. The van der Waals surface area contributed by atoms with Crippen LogP contribution < -0.4 is 9.64 Å². The Morgan fingerprint density at radius 1 is 1.23 bits per heavy atom. The third kappa shape index (κ3) is 3.19. The number of aromatic nitrogens is 2. The van der Waals surface area contributed by atoms with Gasteiger partial charge < -0.3 is 14.5 Å². The van der Waals surface area contributed by atoms with E-state index < -0.39 is 0 Å². The first-order valence-electron chi connectivity index (χ1n) is 7.21. The van der Waals surface area contributed by atoms with Crippen LogP contribution in [0.5, 0.6) is 5.88 Å². The van der Waals surface area contributed by atoms with Gasteiger partial charge >= 0.3 is 0 Å². The first-order chi connectivity index (χ1) is 10.8. The van der Waals surface area contributed by atoms with Crippen LogP contribution in [0.2, 0.25) is 0 Å². The quantitative estimate of drug-likeness (QED) is 0.865. The average Bonchev–Trinajstić information content (AvgIpc) is 2.99. The number of carbonyl (C=O) groups excluding carboxylic acids is 1. The highest BCUT2D eigenvalue weighted by Gasteiger charge is 2.21. The molecule has 0 bridgehead atoms. The second-order valence-electron chi connectivity index (χ2n) is 5.04. The molecule has 22 heavy (non-hydrogen) atoms. The Morgan fingerprint density at radius 3 is 2.82 bits per heavy atom. The maximum Gasteiger partial charge on any atom is 0.255 e. The average molecular weight is 318 g/mol. The zero-order chi connectivity index (χ0) is 15.4. The van der Waals surface area contributed by atoms with E-state index >= 15 is 0 Å². The number of ether oxygens (including phenoxy) is 1. The van der Waals surface area contributed by atoms with Crippen molar-refractivity contribution in [1.82, 2.24) is 14.9 Å². The van der Waals surface area contributed by atoms with Crippen LogP contribution in [-0.4, -0.2) is 54.1 Å². The summed E-state index contributed by atoms with van der Waals surface area (Å²) in [5.41, 5.74) is 0.600. The standard InChI is InChI=1S/C15H18N4O2S/c1-21-13-4-3-12(11-17-13)14(20)18-6-2-7-19(9-8-18)15-16-5-10-22-15/h3-5,10-11H,2,6-9H2,1H3. The molecule has 0 aromatic carbocycles. The lowest BCUT2D eigenvalue weighted by atomic mass is 10.2. The molecule has 2 aromatic heterocycles. The van der Waals surface area contributed by atoms with Crippen LogP contribution in [0.15, 0.2) is 29.9 Å². The summed E-state index contributed by atoms with van der Waals surface area (Å²) in [7, 11) is 1.56. The van der Waals surface area contributed by atoms with Crippen LogP contribution in [0, 0.1) is 0 Å². The molecule has 0 saturated carbocycles. The monoisotopic (exact) mass is 318 g/mol. The molecule has 1 amide bonds. The molecule has 0 N–H and O–H groups in total. The van der Waals surface area contributed by atoms with Gasteiger partial charge in [-0.25, -0.2) is 9.97 Å². The van der Waals surface area contributed by atoms with Gasteiger partial charge in [0.1, 0.15) is 0 Å². The minimum absolute atomic E-state index is 0.0242. The zero-order valence-electron chi connectivity index (χ0n) is 12.4. The number of amides is 1. The first-order valence-corrected chi connectivity index (χ1v) is 8.09. The number of anilines is 1. The summed E-state index contributed by atoms with van der Waals surface area (Å²) >= 11 is 1.64. The van der Waals surface area contributed by atoms with E-state index in [1.807, 2.05) is 16.5 Å². The number of carbonyl (C=O) groups is 1. The zero-order valence-corrected chi connectivity index (χ0v) is 13.3. The van der Waals surface area contributed by atoms with E-state index in [9.17, 15) is 4.79 Å². The van der Waals surface area contributed by atoms with Crippen LogP contribution in [0.4, 0.5) is 5.13 Å². The van der Waals surface area contributed by atoms with Crippen molar-refractivity contribution in [3.8, 4) is 5.88 Å². The Balaban J connectivity index is 1.66. The van der Waals surface area contributed by atoms with Crippen molar-refractivity contribution >= 4 is 22.4 Å². The minimum atomic E-state index is 0.0242. The van der Waals surface area contributed by atoms with Crippen molar-refractivity contribution < 1.29 is 9.53 Å². The summed E-state index contributed by atoms with van der Waals surface area (Å²) in [5.74, 6) is 0.540. The van der Waals surface area contributed by atoms with Crippen molar-refractivity contribution in [2.75, 3.05) is 38.2 Å². The van der Waals surface area contributed by atoms with E-state index in [4.69, 9.17) is 4.74 Å². The highest BCUT2D eigenvalue weighted by molar-refractivity contribution is 7.13. The summed E-state index contributed by atoms with van der Waals surface area (Å²) in [4.78, 5) is 25.1. The summed E-state index contributed by atoms with van der Waals surface area (Å²) in [6.07, 6.45) is 4.33. The van der Waals surface area contributed by atoms with Crippen molar-refractivity contribution in [3.63, 3.8) is 0 Å². The van der Waals surface area contributed by atoms with Crippen molar-refractivity contribution in [3.05, 3.63) is 35.5 Å². The number of pyridine rings is 1. The van der Waals surface area contributed by atoms with Gasteiger partial charge in [0.15, 0.2) is 5.13 Å². The molecule has 1 saturated heterocycles. The molecule has 2 aromatic rings. The first kappa shape index (κ1) is 14.8. The molecule has 0 spiro atoms. The van der Waals surface area contributed by atoms with Crippen molar-refractivity contribution in [2.45, 2.75) is 6.42 Å². The molecule has 3 rings (SSSR count). The normalized spacial score (nSPS) is 15.5. The third-order valence-corrected chi connectivity index (χ3v) is 4.50. The van der Waals surface area contributed by atoms with Crippen LogP contribution in [0.25, 0.3) is 0 Å². The van der Waals surface area contributed by atoms with Gasteiger partial charge in [-0.1, -0.05) is 0 Å². The van der Waals surface area contributed by atoms with Crippen molar-refractivity contribution in [1.29, 1.82) is 0 Å². The van der Waals surface area contributed by atoms with E-state index in [1.54, 1.807) is 36.8 Å². The molecule has 0 atom stereocenters. The molecule has 1 fully saturated rings. The fourth-order valence-corrected chi connectivity index (χ4v) is 3.19. The largest absolute Gasteiger partial charge is 0.481 e. The number of hydrogen-bond acceptors (Lipinski definition) is 6. The molecular formula is C15H18N4O2S. The van der Waals surface area contributed by atoms with Gasteiger partial charge in [0.05, 0.1) is 12.7 Å². The Labute approximate surface area is 133 Å². The molecule has 1 aliphatic heterocycles. The van der Waals surface area contributed by atoms with Gasteiger partial charge in [0.2, 0.25) is 5.88 Å². The van der Waals surface area contributed by atoms with Crippen LogP contribution >= 0.6 is 11.3 Å². The summed E-state index contributed by atoms with van der Waals surface area (Å²) < 4.78 is 5.02. The fraction of sp³-hybridized carbons (Fsp3) is 0.400. The summed E-state index contributed by atoms with van der Waals surface area (Å²) in [6.45, 7) is 3.19. The smallest absolute Gasteiger partial charge is 0.255 e. The number of rotatable bonds is 3. The van der Waals surface area contributed by atoms with Gasteiger partial charge in [0.25, 0.3) is 5.91 Å². The van der Waals surface area contributed by atoms with Gasteiger partial charge in [-0.3, -0.25) is 4.79 Å². The molecule has 6 nitrogen and oxygen atoms in total. The number of hydrogen-bond donors (Lipinski definition) is 0. The molecule has 0 aliphatic carbocycles. The molecule has 7 heteroatoms. The molecule has 3 heterocycles. The Hall–Kier alpha value is -2.15. The van der Waals surface area contributed by atoms with Crippen LogP contribution in [-0.2, 0) is 0 Å². The Kier molecular flexibility index (Phi) is 4.53. The second kappa shape index (κ2) is 6.74. The lowest BCUT2D eigenvalue weighted by Crippen LogP contribution is -2.35. The number of nitrogens with zero attached hydrogens (tertiary/aromatic N) is 4. The lowest BCUT2D eigenvalue weighted by molar-refractivity contribution is 0.0766. The SMILES string of the molecule is COc1ccc(C(=O)N2CCCN(c3nccs3)CC2)cn1. The third-order valence-electron chi connectivity index (χ3n) is 3.67. The molecule has 0 radical (unpaired) electrons. The highest BCUT2D eigenvalue weighted by Crippen LogP contribution is 2.19. The molecule has 116 valence electrons. The summed E-state index contributed by atoms with van der Waals surface area (Å²) in [5, 5.41) is 3.01. The maximum absolute atomic E-state index is 12.6. The second-order valence-corrected chi connectivity index (χ2v) is 5.91. The predicted octanol–water partition coefficient (Wildman–Crippen LogP) is 1.90. The summed E-state index contributed by atoms with van der Waals surface area (Å²) in [6, 6.07) is 3.48. The van der Waals surface area contributed by atoms with E-state index in [0.717, 1.165) is 31.2 Å². The molecule has 1 aliphatic rings. The van der Waals surface area contributed by atoms with E-state index in [-0.39, 0.29) is 5.91 Å². The number of methoxy groups -OCH3 is 1. The highest BCUT2D eigenvalue weighted by atomic mass is 32.1. The minimum Gasteiger partial charge on any atom is -0.481 e. The number of thiazole rings is 1. The van der Waals surface area contributed by atoms with Gasteiger partial charge in [-0.05, 0) is 12.5 Å². The molecule has 0 unspecified atom stereocenters. The van der Waals surface area contributed by atoms with Gasteiger partial charge in [-0.15, -0.1) is 11.3 Å². The fourth-order valence-electron chi connectivity index (χ4n) is 2.49. The Bertz CT molecular complexity index is 615. The maximum atomic E-state index is 12.6.